The number of aromatic nitrogens is 2. The van der Waals surface area contributed by atoms with E-state index >= 15 is 0 Å². The first-order valence-corrected chi connectivity index (χ1v) is 6.93. The average Bonchev–Trinajstić information content (AvgIpc) is 2.75. The van der Waals surface area contributed by atoms with Gasteiger partial charge in [0.25, 0.3) is 5.91 Å². The highest BCUT2D eigenvalue weighted by atomic mass is 16.2. The molecule has 0 aliphatic carbocycles. The Bertz CT molecular complexity index is 658. The summed E-state index contributed by atoms with van der Waals surface area (Å²) in [7, 11) is 5.43. The van der Waals surface area contributed by atoms with Crippen LogP contribution in [0.4, 0.5) is 5.69 Å². The van der Waals surface area contributed by atoms with E-state index in [0.717, 1.165) is 22.5 Å². The van der Waals surface area contributed by atoms with Crippen molar-refractivity contribution in [1.29, 1.82) is 0 Å². The molecule has 0 bridgehead atoms. The molecule has 2 aromatic rings. The monoisotopic (exact) mass is 286 g/mol. The molecular weight excluding hydrogens is 264 g/mol. The van der Waals surface area contributed by atoms with E-state index in [1.54, 1.807) is 19.0 Å². The molecule has 0 spiro atoms. The van der Waals surface area contributed by atoms with E-state index in [-0.39, 0.29) is 5.91 Å². The van der Waals surface area contributed by atoms with Crippen LogP contribution in [0.5, 0.6) is 0 Å². The minimum atomic E-state index is 0.00982. The topological polar surface area (TPSA) is 50.2 Å². The number of hydrogen-bond donors (Lipinski definition) is 1. The van der Waals surface area contributed by atoms with Gasteiger partial charge in [-0.2, -0.15) is 5.10 Å². The Kier molecular flexibility index (Phi) is 4.31. The molecule has 0 saturated heterocycles. The first kappa shape index (κ1) is 15.1. The van der Waals surface area contributed by atoms with Crippen LogP contribution in [0.2, 0.25) is 0 Å². The van der Waals surface area contributed by atoms with Gasteiger partial charge in [0.05, 0.1) is 5.69 Å². The van der Waals surface area contributed by atoms with E-state index in [0.29, 0.717) is 12.1 Å². The van der Waals surface area contributed by atoms with Crippen molar-refractivity contribution in [2.75, 3.05) is 19.4 Å². The summed E-state index contributed by atoms with van der Waals surface area (Å²) in [6.45, 7) is 4.72. The molecule has 1 amide bonds. The van der Waals surface area contributed by atoms with Gasteiger partial charge >= 0.3 is 0 Å². The maximum atomic E-state index is 12.0. The zero-order valence-corrected chi connectivity index (χ0v) is 13.3. The predicted octanol–water partition coefficient (Wildman–Crippen LogP) is 2.35. The zero-order chi connectivity index (χ0) is 15.6. The van der Waals surface area contributed by atoms with Crippen molar-refractivity contribution in [2.45, 2.75) is 20.4 Å². The Hall–Kier alpha value is -2.30. The normalized spacial score (nSPS) is 10.5. The molecule has 1 aromatic heterocycles. The summed E-state index contributed by atoms with van der Waals surface area (Å²) in [5.41, 5.74) is 4.96. The third-order valence-corrected chi connectivity index (χ3v) is 3.48. The highest BCUT2D eigenvalue weighted by Crippen LogP contribution is 2.19. The van der Waals surface area contributed by atoms with Crippen molar-refractivity contribution in [3.63, 3.8) is 0 Å². The van der Waals surface area contributed by atoms with Crippen LogP contribution < -0.4 is 5.32 Å². The molecule has 1 aromatic carbocycles. The molecule has 0 aliphatic heterocycles. The summed E-state index contributed by atoms with van der Waals surface area (Å²) in [6.07, 6.45) is 2.01. The molecule has 1 N–H and O–H groups in total. The lowest BCUT2D eigenvalue weighted by Gasteiger charge is -2.14. The molecule has 0 fully saturated rings. The van der Waals surface area contributed by atoms with Crippen LogP contribution in [0, 0.1) is 13.8 Å². The van der Waals surface area contributed by atoms with Gasteiger partial charge in [-0.05, 0) is 31.5 Å². The van der Waals surface area contributed by atoms with Crippen molar-refractivity contribution in [2.24, 2.45) is 7.05 Å². The van der Waals surface area contributed by atoms with Gasteiger partial charge in [0.15, 0.2) is 0 Å². The lowest BCUT2D eigenvalue weighted by molar-refractivity contribution is 0.0827. The second-order valence-electron chi connectivity index (χ2n) is 5.50. The van der Waals surface area contributed by atoms with Crippen LogP contribution in [0.3, 0.4) is 0 Å². The van der Waals surface area contributed by atoms with Crippen molar-refractivity contribution < 1.29 is 4.79 Å². The van der Waals surface area contributed by atoms with E-state index in [9.17, 15) is 4.79 Å². The van der Waals surface area contributed by atoms with Gasteiger partial charge in [0.1, 0.15) is 0 Å². The second kappa shape index (κ2) is 5.99. The quantitative estimate of drug-likeness (QED) is 0.938. The summed E-state index contributed by atoms with van der Waals surface area (Å²) >= 11 is 0. The van der Waals surface area contributed by atoms with E-state index in [1.165, 1.54) is 0 Å². The smallest absolute Gasteiger partial charge is 0.253 e. The molecular formula is C16H22N4O. The predicted molar refractivity (Wildman–Crippen MR) is 84.5 cm³/mol. The first-order chi connectivity index (χ1) is 9.88. The average molecular weight is 286 g/mol. The summed E-state index contributed by atoms with van der Waals surface area (Å²) in [5.74, 6) is 0.00982. The highest BCUT2D eigenvalue weighted by Gasteiger charge is 2.10. The Balaban J connectivity index is 2.18. The molecule has 21 heavy (non-hydrogen) atoms. The van der Waals surface area contributed by atoms with Gasteiger partial charge in [-0.1, -0.05) is 6.07 Å². The molecule has 112 valence electrons. The minimum absolute atomic E-state index is 0.00982. The van der Waals surface area contributed by atoms with E-state index in [2.05, 4.69) is 10.4 Å². The zero-order valence-electron chi connectivity index (χ0n) is 13.3. The van der Waals surface area contributed by atoms with E-state index < -0.39 is 0 Å². The van der Waals surface area contributed by atoms with Crippen molar-refractivity contribution in [3.05, 3.63) is 46.8 Å². The number of carbonyl (C=O) groups excluding carboxylic acids is 1. The van der Waals surface area contributed by atoms with Crippen molar-refractivity contribution >= 4 is 11.6 Å². The molecule has 1 heterocycles. The summed E-state index contributed by atoms with van der Waals surface area (Å²) in [4.78, 5) is 13.6. The molecule has 0 aliphatic rings. The van der Waals surface area contributed by atoms with Gasteiger partial charge < -0.3 is 10.2 Å². The van der Waals surface area contributed by atoms with Gasteiger partial charge in [0, 0.05) is 50.7 Å². The summed E-state index contributed by atoms with van der Waals surface area (Å²) < 4.78 is 1.81. The first-order valence-electron chi connectivity index (χ1n) is 6.93. The maximum absolute atomic E-state index is 12.0. The molecule has 2 rings (SSSR count). The molecule has 5 nitrogen and oxygen atoms in total. The number of nitrogens with zero attached hydrogens (tertiary/aromatic N) is 3. The SMILES string of the molecule is Cc1ccc(C(=O)N(C)C)cc1NCc1cn(C)nc1C. The second-order valence-corrected chi connectivity index (χ2v) is 5.50. The van der Waals surface area contributed by atoms with E-state index in [4.69, 9.17) is 0 Å². The number of rotatable bonds is 4. The number of aryl methyl sites for hydroxylation is 3. The van der Waals surface area contributed by atoms with E-state index in [1.807, 2.05) is 50.0 Å². The van der Waals surface area contributed by atoms with Crippen LogP contribution in [0.25, 0.3) is 0 Å². The largest absolute Gasteiger partial charge is 0.381 e. The Morgan fingerprint density at radius 2 is 2.05 bits per heavy atom. The molecule has 0 saturated carbocycles. The lowest BCUT2D eigenvalue weighted by atomic mass is 10.1. The maximum Gasteiger partial charge on any atom is 0.253 e. The molecule has 0 radical (unpaired) electrons. The third kappa shape index (κ3) is 3.42. The minimum Gasteiger partial charge on any atom is -0.381 e. The fourth-order valence-electron chi connectivity index (χ4n) is 2.22. The van der Waals surface area contributed by atoms with Gasteiger partial charge in [-0.25, -0.2) is 0 Å². The number of benzene rings is 1. The van der Waals surface area contributed by atoms with Gasteiger partial charge in [-0.15, -0.1) is 0 Å². The number of anilines is 1. The van der Waals surface area contributed by atoms with Crippen LogP contribution in [0.1, 0.15) is 27.2 Å². The van der Waals surface area contributed by atoms with Crippen LogP contribution >= 0.6 is 0 Å². The molecule has 0 atom stereocenters. The summed E-state index contributed by atoms with van der Waals surface area (Å²) in [6, 6.07) is 5.73. The standard InChI is InChI=1S/C16H22N4O/c1-11-6-7-13(16(21)19(3)4)8-15(11)17-9-14-10-20(5)18-12(14)2/h6-8,10,17H,9H2,1-5H3. The fraction of sp³-hybridized carbons (Fsp3) is 0.375. The number of amides is 1. The lowest BCUT2D eigenvalue weighted by Crippen LogP contribution is -2.21. The number of carbonyl (C=O) groups is 1. The number of hydrogen-bond acceptors (Lipinski definition) is 3. The molecule has 0 unspecified atom stereocenters. The van der Waals surface area contributed by atoms with Crippen LogP contribution in [-0.4, -0.2) is 34.7 Å². The Labute approximate surface area is 125 Å². The van der Waals surface area contributed by atoms with Crippen LogP contribution in [0.15, 0.2) is 24.4 Å². The summed E-state index contributed by atoms with van der Waals surface area (Å²) in [5, 5.41) is 7.72. The Morgan fingerprint density at radius 1 is 1.33 bits per heavy atom. The highest BCUT2D eigenvalue weighted by molar-refractivity contribution is 5.95. The third-order valence-electron chi connectivity index (χ3n) is 3.48. The Morgan fingerprint density at radius 3 is 2.62 bits per heavy atom. The van der Waals surface area contributed by atoms with Crippen molar-refractivity contribution in [1.82, 2.24) is 14.7 Å². The van der Waals surface area contributed by atoms with Gasteiger partial charge in [0.2, 0.25) is 0 Å². The number of nitrogens with one attached hydrogen (secondary N) is 1. The van der Waals surface area contributed by atoms with Crippen LogP contribution in [-0.2, 0) is 13.6 Å². The van der Waals surface area contributed by atoms with Gasteiger partial charge in [-0.3, -0.25) is 9.48 Å². The fourth-order valence-corrected chi connectivity index (χ4v) is 2.22. The van der Waals surface area contributed by atoms with Crippen molar-refractivity contribution in [3.8, 4) is 0 Å². The molecule has 5 heteroatoms.